The Balaban J connectivity index is 2.47. The number of nitrogens with one attached hydrogen (secondary N) is 6. The maximum absolute atomic E-state index is 14.3. The second kappa shape index (κ2) is 28.7. The Labute approximate surface area is 411 Å². The summed E-state index contributed by atoms with van der Waals surface area (Å²) in [7, 11) is 0. The number of carbonyl (C=O) groups is 8. The molecule has 0 unspecified atom stereocenters. The van der Waals surface area contributed by atoms with Gasteiger partial charge in [-0.25, -0.2) is 0 Å². The van der Waals surface area contributed by atoms with Gasteiger partial charge in [-0.05, 0) is 88.8 Å². The molecule has 1 aromatic carbocycles. The maximum Gasteiger partial charge on any atom is 0.370 e. The molecule has 28 nitrogen and oxygen atoms in total. The Morgan fingerprint density at radius 2 is 1.42 bits per heavy atom. The quantitative estimate of drug-likeness (QED) is 0.00747. The van der Waals surface area contributed by atoms with Crippen molar-refractivity contribution in [3.8, 4) is 0 Å². The first-order chi connectivity index (χ1) is 33.2. The Morgan fingerprint density at radius 1 is 0.803 bits per heavy atom. The molecule has 71 heavy (non-hydrogen) atoms. The van der Waals surface area contributed by atoms with E-state index in [9.17, 15) is 58.6 Å². The summed E-state index contributed by atoms with van der Waals surface area (Å²) in [4.78, 5) is 133. The van der Waals surface area contributed by atoms with Gasteiger partial charge in [0.2, 0.25) is 41.4 Å². The Bertz CT molecular complexity index is 2120. The summed E-state index contributed by atoms with van der Waals surface area (Å²) in [6.07, 6.45) is 0.498. The number of nitro benzene ring substituents is 2. The Hall–Kier alpha value is -6.91. The van der Waals surface area contributed by atoms with Crippen molar-refractivity contribution in [1.82, 2.24) is 31.5 Å². The third-order valence-electron chi connectivity index (χ3n) is 11.4. The van der Waals surface area contributed by atoms with Crippen LogP contribution in [0, 0.1) is 37.5 Å². The number of rotatable bonds is 30. The molecular formula is C43H72N16O12. The lowest BCUT2D eigenvalue weighted by Gasteiger charge is -2.30. The lowest BCUT2D eigenvalue weighted by Crippen LogP contribution is -2.56. The number of carbonyl (C=O) groups excluding carboxylic acids is 8. The van der Waals surface area contributed by atoms with Crippen LogP contribution < -0.4 is 65.9 Å². The normalized spacial score (nSPS) is 15.5. The predicted molar refractivity (Wildman–Crippen MR) is 259 cm³/mol. The summed E-state index contributed by atoms with van der Waals surface area (Å²) in [5.41, 5.74) is 29.3. The third-order valence-corrected chi connectivity index (χ3v) is 11.4. The highest BCUT2D eigenvalue weighted by Crippen LogP contribution is 2.41. The molecule has 1 heterocycles. The molecule has 18 N–H and O–H groups in total. The monoisotopic (exact) mass is 1000 g/mol. The van der Waals surface area contributed by atoms with Crippen molar-refractivity contribution in [2.45, 2.75) is 141 Å². The highest BCUT2D eigenvalue weighted by molar-refractivity contribution is 6.10. The Kier molecular flexibility index (Phi) is 24.3. The molecule has 0 saturated carbocycles. The maximum atomic E-state index is 14.3. The van der Waals surface area contributed by atoms with Crippen molar-refractivity contribution in [2.75, 3.05) is 31.1 Å². The zero-order chi connectivity index (χ0) is 53.9. The number of nitrogens with two attached hydrogens (primary N) is 6. The SMILES string of the molecule is CC(C)C[C@H](NC(=O)[C@@H]1CCCN1C(=O)[C@@H](N)CCCCN)C(=O)NCC(=O)N[C@@H](CC(C)C)C(=O)c1ccc(N(C(=O)CC(N)N)[C@@H](C)C(=O)N[C@@H](CCCNC(=N)N)C(N)=O)c([N+](=O)[O-])c1[N+](=O)[O-]. The van der Waals surface area contributed by atoms with Gasteiger partial charge in [-0.2, -0.15) is 0 Å². The van der Waals surface area contributed by atoms with Gasteiger partial charge in [0.05, 0.1) is 41.1 Å². The lowest BCUT2D eigenvalue weighted by molar-refractivity contribution is -0.422. The van der Waals surface area contributed by atoms with Crippen LogP contribution in [0.2, 0.25) is 0 Å². The van der Waals surface area contributed by atoms with E-state index in [1.807, 2.05) is 0 Å². The molecule has 0 spiro atoms. The fourth-order valence-electron chi connectivity index (χ4n) is 7.96. The summed E-state index contributed by atoms with van der Waals surface area (Å²) < 4.78 is 0. The minimum Gasteiger partial charge on any atom is -0.370 e. The minimum absolute atomic E-state index is 0.0773. The number of Topliss-reactive ketones (excluding diaryl/α,β-unsaturated/α-hetero) is 1. The van der Waals surface area contributed by atoms with Crippen molar-refractivity contribution < 1.29 is 48.2 Å². The molecule has 396 valence electrons. The van der Waals surface area contributed by atoms with Crippen LogP contribution in [-0.2, 0) is 33.6 Å². The van der Waals surface area contributed by atoms with Crippen molar-refractivity contribution in [3.05, 3.63) is 37.9 Å². The zero-order valence-electron chi connectivity index (χ0n) is 40.9. The van der Waals surface area contributed by atoms with E-state index in [1.165, 1.54) is 4.90 Å². The number of anilines is 1. The summed E-state index contributed by atoms with van der Waals surface area (Å²) >= 11 is 0. The number of nitro groups is 2. The summed E-state index contributed by atoms with van der Waals surface area (Å²) in [6, 6.07) is -5.91. The lowest BCUT2D eigenvalue weighted by atomic mass is 9.93. The average molecular weight is 1010 g/mol. The van der Waals surface area contributed by atoms with Crippen LogP contribution in [0.4, 0.5) is 17.1 Å². The number of benzene rings is 1. The predicted octanol–water partition coefficient (Wildman–Crippen LogP) is -2.10. The molecule has 1 aliphatic rings. The van der Waals surface area contributed by atoms with Crippen LogP contribution in [0.5, 0.6) is 0 Å². The number of unbranched alkanes of at least 4 members (excludes halogenated alkanes) is 1. The van der Waals surface area contributed by atoms with Crippen LogP contribution in [0.3, 0.4) is 0 Å². The molecule has 6 atom stereocenters. The summed E-state index contributed by atoms with van der Waals surface area (Å²) in [5, 5.41) is 45.3. The van der Waals surface area contributed by atoms with E-state index in [4.69, 9.17) is 39.8 Å². The van der Waals surface area contributed by atoms with Gasteiger partial charge in [-0.3, -0.25) is 68.9 Å². The van der Waals surface area contributed by atoms with Gasteiger partial charge >= 0.3 is 11.4 Å². The first-order valence-corrected chi connectivity index (χ1v) is 23.4. The molecule has 0 radical (unpaired) electrons. The minimum atomic E-state index is -1.75. The molecule has 0 bridgehead atoms. The first-order valence-electron chi connectivity index (χ1n) is 23.4. The number of hydrogen-bond acceptors (Lipinski definition) is 17. The number of primary amides is 1. The van der Waals surface area contributed by atoms with E-state index in [-0.39, 0.29) is 50.0 Å². The van der Waals surface area contributed by atoms with Gasteiger partial charge in [0.1, 0.15) is 35.4 Å². The summed E-state index contributed by atoms with van der Waals surface area (Å²) in [6.45, 7) is 8.12. The molecule has 28 heteroatoms. The van der Waals surface area contributed by atoms with E-state index in [2.05, 4.69) is 26.6 Å². The molecule has 7 amide bonds. The highest BCUT2D eigenvalue weighted by Gasteiger charge is 2.43. The van der Waals surface area contributed by atoms with Crippen LogP contribution in [0.25, 0.3) is 0 Å². The van der Waals surface area contributed by atoms with Crippen LogP contribution in [0.15, 0.2) is 12.1 Å². The fourth-order valence-corrected chi connectivity index (χ4v) is 7.96. The number of hydrogen-bond donors (Lipinski definition) is 12. The van der Waals surface area contributed by atoms with Crippen molar-refractivity contribution >= 4 is 70.2 Å². The van der Waals surface area contributed by atoms with Gasteiger partial charge in [-0.1, -0.05) is 34.1 Å². The van der Waals surface area contributed by atoms with Crippen LogP contribution in [0.1, 0.15) is 109 Å². The van der Waals surface area contributed by atoms with Crippen LogP contribution >= 0.6 is 0 Å². The van der Waals surface area contributed by atoms with Crippen molar-refractivity contribution in [1.29, 1.82) is 5.41 Å². The van der Waals surface area contributed by atoms with Gasteiger partial charge in [0, 0.05) is 13.1 Å². The molecular weight excluding hydrogens is 933 g/mol. The van der Waals surface area contributed by atoms with E-state index >= 15 is 0 Å². The van der Waals surface area contributed by atoms with Crippen molar-refractivity contribution in [3.63, 3.8) is 0 Å². The number of ketones is 1. The average Bonchev–Trinajstić information content (AvgIpc) is 3.77. The molecule has 1 aromatic rings. The molecule has 0 aromatic heterocycles. The topological polar surface area (TPSA) is 469 Å². The largest absolute Gasteiger partial charge is 0.370 e. The van der Waals surface area contributed by atoms with Gasteiger partial charge in [0.15, 0.2) is 11.7 Å². The Morgan fingerprint density at radius 3 is 1.97 bits per heavy atom. The molecule has 0 aliphatic carbocycles. The van der Waals surface area contributed by atoms with E-state index < -0.39 is 135 Å². The van der Waals surface area contributed by atoms with E-state index in [1.54, 1.807) is 27.7 Å². The van der Waals surface area contributed by atoms with Gasteiger partial charge in [0.25, 0.3) is 0 Å². The highest BCUT2D eigenvalue weighted by atomic mass is 16.6. The van der Waals surface area contributed by atoms with Gasteiger partial charge in [-0.15, -0.1) is 0 Å². The second-order valence-corrected chi connectivity index (χ2v) is 18.2. The number of likely N-dealkylation sites (tertiary alicyclic amines) is 1. The molecule has 2 rings (SSSR count). The van der Waals surface area contributed by atoms with Crippen molar-refractivity contribution in [2.24, 2.45) is 46.2 Å². The number of amides is 7. The second-order valence-electron chi connectivity index (χ2n) is 18.2. The third kappa shape index (κ3) is 18.4. The fraction of sp³-hybridized carbons (Fsp3) is 0.651. The first kappa shape index (κ1) is 60.2. The zero-order valence-corrected chi connectivity index (χ0v) is 40.9. The van der Waals surface area contributed by atoms with Gasteiger partial charge < -0.3 is 65.9 Å². The smallest absolute Gasteiger partial charge is 0.370 e. The molecule has 1 aliphatic heterocycles. The number of nitrogens with zero attached hydrogens (tertiary/aromatic N) is 4. The van der Waals surface area contributed by atoms with Crippen LogP contribution in [-0.4, -0.2) is 136 Å². The van der Waals surface area contributed by atoms with E-state index in [0.717, 1.165) is 19.1 Å². The molecule has 1 saturated heterocycles. The van der Waals surface area contributed by atoms with E-state index in [0.29, 0.717) is 50.1 Å². The molecule has 1 fully saturated rings. The standard InChI is InChI=1S/C43H72N16O12/c1-22(2)18-28(53-33(60)21-52-40(65)29(19-23(3)4)55-41(66)31-12-9-17-56(31)42(67)26(45)10-6-7-15-44)37(62)25-13-14-30(36(59(70)71)35(25)58(68)69)57(34(61)20-32(46)47)24(5)39(64)54-27(38(48)63)11-8-16-51-43(49)50/h13-14,22-24,26-29,31-32H,6-12,15-21,44-47H2,1-5H3,(H2,48,63)(H,52,65)(H,53,60)(H,54,64)(H,55,66)(H4,49,50,51)/t24-,26-,27-,28-,29-,31-/m0/s1. The number of guanidine groups is 1. The summed E-state index contributed by atoms with van der Waals surface area (Å²) in [5.74, 6) is -7.92.